The molecule has 1 aliphatic heterocycles. The molecule has 1 atom stereocenters. The van der Waals surface area contributed by atoms with Gasteiger partial charge < -0.3 is 0 Å². The molecule has 0 amide bonds. The van der Waals surface area contributed by atoms with Gasteiger partial charge in [-0.1, -0.05) is 12.8 Å². The zero-order valence-electron chi connectivity index (χ0n) is 9.36. The second-order valence-corrected chi connectivity index (χ2v) is 6.84. The van der Waals surface area contributed by atoms with Gasteiger partial charge in [-0.15, -0.1) is 0 Å². The van der Waals surface area contributed by atoms with Gasteiger partial charge in [0, 0.05) is 12.6 Å². The predicted octanol–water partition coefficient (Wildman–Crippen LogP) is 1.99. The fourth-order valence-electron chi connectivity index (χ4n) is 1.90. The zero-order valence-corrected chi connectivity index (χ0v) is 10.2. The lowest BCUT2D eigenvalue weighted by Crippen LogP contribution is -2.42. The third kappa shape index (κ3) is 2.48. The number of sulfonamides is 1. The predicted molar refractivity (Wildman–Crippen MR) is 58.7 cm³/mol. The van der Waals surface area contributed by atoms with Crippen LogP contribution in [-0.4, -0.2) is 30.6 Å². The number of hydrogen-bond donors (Lipinski definition) is 0. The smallest absolute Gasteiger partial charge is 0.212 e. The monoisotopic (exact) mass is 219 g/mol. The van der Waals surface area contributed by atoms with Gasteiger partial charge in [0.1, 0.15) is 0 Å². The van der Waals surface area contributed by atoms with Crippen molar-refractivity contribution in [3.63, 3.8) is 0 Å². The summed E-state index contributed by atoms with van der Waals surface area (Å²) in [6, 6.07) is 0.185. The van der Waals surface area contributed by atoms with Crippen LogP contribution in [0.4, 0.5) is 0 Å². The third-order valence-corrected chi connectivity index (χ3v) is 5.30. The summed E-state index contributed by atoms with van der Waals surface area (Å²) >= 11 is 0. The lowest BCUT2D eigenvalue weighted by Gasteiger charge is -2.28. The van der Waals surface area contributed by atoms with Gasteiger partial charge in [-0.05, 0) is 33.6 Å². The molecule has 1 rings (SSSR count). The maximum Gasteiger partial charge on any atom is 0.216 e. The Morgan fingerprint density at radius 1 is 1.21 bits per heavy atom. The topological polar surface area (TPSA) is 37.4 Å². The van der Waals surface area contributed by atoms with E-state index >= 15 is 0 Å². The number of nitrogens with zero attached hydrogens (tertiary/aromatic N) is 1. The van der Waals surface area contributed by atoms with Crippen molar-refractivity contribution in [1.29, 1.82) is 0 Å². The summed E-state index contributed by atoms with van der Waals surface area (Å²) in [5, 5.41) is -0.289. The van der Waals surface area contributed by atoms with Gasteiger partial charge in [0.15, 0.2) is 0 Å². The van der Waals surface area contributed by atoms with E-state index in [4.69, 9.17) is 0 Å². The molecule has 4 heteroatoms. The summed E-state index contributed by atoms with van der Waals surface area (Å²) in [7, 11) is -3.04. The van der Waals surface area contributed by atoms with Crippen LogP contribution in [0, 0.1) is 0 Å². The van der Waals surface area contributed by atoms with Crippen molar-refractivity contribution in [3.05, 3.63) is 0 Å². The molecule has 1 saturated heterocycles. The Kier molecular flexibility index (Phi) is 3.95. The summed E-state index contributed by atoms with van der Waals surface area (Å²) in [5.74, 6) is 0. The quantitative estimate of drug-likeness (QED) is 0.712. The first kappa shape index (κ1) is 12.0. The average molecular weight is 219 g/mol. The normalized spacial score (nSPS) is 26.4. The molecule has 1 heterocycles. The fraction of sp³-hybridized carbons (Fsp3) is 1.00. The Morgan fingerprint density at radius 3 is 2.43 bits per heavy atom. The highest BCUT2D eigenvalue weighted by molar-refractivity contribution is 7.89. The molecular formula is C10H21NO2S. The molecule has 0 aromatic heterocycles. The van der Waals surface area contributed by atoms with Gasteiger partial charge >= 0.3 is 0 Å². The molecule has 84 valence electrons. The molecule has 0 N–H and O–H groups in total. The van der Waals surface area contributed by atoms with Crippen LogP contribution in [0.2, 0.25) is 0 Å². The molecular weight excluding hydrogens is 198 g/mol. The second kappa shape index (κ2) is 4.62. The lowest BCUT2D eigenvalue weighted by molar-refractivity contribution is 0.339. The molecule has 0 radical (unpaired) electrons. The standard InChI is InChI=1S/C10H21NO2S/c1-9(2)14(12,13)11-8-6-4-5-7-10(11)3/h9-10H,4-8H2,1-3H3. The Hall–Kier alpha value is -0.0900. The zero-order chi connectivity index (χ0) is 10.8. The van der Waals surface area contributed by atoms with E-state index in [2.05, 4.69) is 0 Å². The van der Waals surface area contributed by atoms with Gasteiger partial charge in [-0.3, -0.25) is 0 Å². The summed E-state index contributed by atoms with van der Waals surface area (Å²) in [6.45, 7) is 6.24. The highest BCUT2D eigenvalue weighted by Crippen LogP contribution is 2.21. The van der Waals surface area contributed by atoms with E-state index in [1.807, 2.05) is 6.92 Å². The van der Waals surface area contributed by atoms with Crippen molar-refractivity contribution in [1.82, 2.24) is 4.31 Å². The lowest BCUT2D eigenvalue weighted by atomic mass is 10.1. The molecule has 1 aliphatic rings. The maximum absolute atomic E-state index is 12.0. The van der Waals surface area contributed by atoms with Crippen molar-refractivity contribution in [2.24, 2.45) is 0 Å². The van der Waals surface area contributed by atoms with Crippen LogP contribution >= 0.6 is 0 Å². The van der Waals surface area contributed by atoms with Crippen molar-refractivity contribution in [3.8, 4) is 0 Å². The molecule has 0 aromatic carbocycles. The summed E-state index contributed by atoms with van der Waals surface area (Å²) in [4.78, 5) is 0. The van der Waals surface area contributed by atoms with Crippen LogP contribution in [0.3, 0.4) is 0 Å². The average Bonchev–Trinajstić information content (AvgIpc) is 2.29. The second-order valence-electron chi connectivity index (χ2n) is 4.40. The minimum absolute atomic E-state index is 0.185. The van der Waals surface area contributed by atoms with E-state index in [0.29, 0.717) is 6.54 Å². The van der Waals surface area contributed by atoms with Gasteiger partial charge in [-0.2, -0.15) is 4.31 Å². The minimum atomic E-state index is -3.04. The maximum atomic E-state index is 12.0. The number of hydrogen-bond acceptors (Lipinski definition) is 2. The van der Waals surface area contributed by atoms with Crippen LogP contribution in [-0.2, 0) is 10.0 Å². The van der Waals surface area contributed by atoms with Gasteiger partial charge in [0.25, 0.3) is 0 Å². The van der Waals surface area contributed by atoms with Crippen LogP contribution in [0.5, 0.6) is 0 Å². The first-order chi connectivity index (χ1) is 6.46. The molecule has 0 saturated carbocycles. The highest BCUT2D eigenvalue weighted by Gasteiger charge is 2.30. The van der Waals surface area contributed by atoms with Crippen molar-refractivity contribution >= 4 is 10.0 Å². The van der Waals surface area contributed by atoms with E-state index in [0.717, 1.165) is 25.7 Å². The molecule has 0 aromatic rings. The first-order valence-corrected chi connectivity index (χ1v) is 6.97. The molecule has 0 spiro atoms. The van der Waals surface area contributed by atoms with E-state index in [-0.39, 0.29) is 11.3 Å². The van der Waals surface area contributed by atoms with Crippen molar-refractivity contribution in [2.45, 2.75) is 57.7 Å². The van der Waals surface area contributed by atoms with E-state index in [1.54, 1.807) is 18.2 Å². The summed E-state index contributed by atoms with van der Waals surface area (Å²) < 4.78 is 25.6. The van der Waals surface area contributed by atoms with E-state index < -0.39 is 10.0 Å². The molecule has 1 unspecified atom stereocenters. The largest absolute Gasteiger partial charge is 0.216 e. The highest BCUT2D eigenvalue weighted by atomic mass is 32.2. The fourth-order valence-corrected chi connectivity index (χ4v) is 3.43. The van der Waals surface area contributed by atoms with Gasteiger partial charge in [0.05, 0.1) is 5.25 Å². The van der Waals surface area contributed by atoms with Gasteiger partial charge in [0.2, 0.25) is 10.0 Å². The minimum Gasteiger partial charge on any atom is -0.212 e. The van der Waals surface area contributed by atoms with Crippen LogP contribution < -0.4 is 0 Å². The molecule has 1 fully saturated rings. The molecule has 3 nitrogen and oxygen atoms in total. The van der Waals surface area contributed by atoms with Crippen LogP contribution in [0.1, 0.15) is 46.5 Å². The summed E-state index contributed by atoms with van der Waals surface area (Å²) in [5.41, 5.74) is 0. The van der Waals surface area contributed by atoms with Crippen molar-refractivity contribution < 1.29 is 8.42 Å². The van der Waals surface area contributed by atoms with Crippen molar-refractivity contribution in [2.75, 3.05) is 6.54 Å². The molecule has 0 aliphatic carbocycles. The Labute approximate surface area is 87.5 Å². The third-order valence-electron chi connectivity index (χ3n) is 2.91. The first-order valence-electron chi connectivity index (χ1n) is 5.47. The number of rotatable bonds is 2. The SMILES string of the molecule is CC1CCCCCN1S(=O)(=O)C(C)C. The van der Waals surface area contributed by atoms with Crippen LogP contribution in [0.25, 0.3) is 0 Å². The Morgan fingerprint density at radius 2 is 1.86 bits per heavy atom. The Balaban J connectivity index is 2.83. The molecule has 14 heavy (non-hydrogen) atoms. The van der Waals surface area contributed by atoms with Crippen LogP contribution in [0.15, 0.2) is 0 Å². The molecule has 0 bridgehead atoms. The van der Waals surface area contributed by atoms with E-state index in [1.165, 1.54) is 0 Å². The summed E-state index contributed by atoms with van der Waals surface area (Å²) in [6.07, 6.45) is 4.34. The van der Waals surface area contributed by atoms with E-state index in [9.17, 15) is 8.42 Å². The Bertz CT molecular complexity index is 272. The van der Waals surface area contributed by atoms with Gasteiger partial charge in [-0.25, -0.2) is 8.42 Å².